The summed E-state index contributed by atoms with van der Waals surface area (Å²) in [6, 6.07) is 0. The summed E-state index contributed by atoms with van der Waals surface area (Å²) < 4.78 is 5.86. The van der Waals surface area contributed by atoms with Crippen molar-refractivity contribution in [2.75, 3.05) is 19.7 Å². The van der Waals surface area contributed by atoms with E-state index in [9.17, 15) is 5.11 Å². The van der Waals surface area contributed by atoms with Crippen molar-refractivity contribution in [3.63, 3.8) is 0 Å². The Labute approximate surface area is 84.8 Å². The normalized spacial score (nSPS) is 38.8. The maximum Gasteiger partial charge on any atom is 0.0924 e. The second-order valence-electron chi connectivity index (χ2n) is 5.28. The Morgan fingerprint density at radius 2 is 2.07 bits per heavy atom. The molecule has 2 saturated heterocycles. The summed E-state index contributed by atoms with van der Waals surface area (Å²) in [5, 5.41) is 13.4. The molecule has 0 radical (unpaired) electrons. The second-order valence-corrected chi connectivity index (χ2v) is 5.28. The Kier molecular flexibility index (Phi) is 1.92. The lowest BCUT2D eigenvalue weighted by Gasteiger charge is -2.53. The van der Waals surface area contributed by atoms with E-state index in [4.69, 9.17) is 4.74 Å². The molecule has 0 bridgehead atoms. The molecule has 1 spiro atoms. The van der Waals surface area contributed by atoms with E-state index in [1.807, 2.05) is 0 Å². The van der Waals surface area contributed by atoms with Crippen LogP contribution in [0.1, 0.15) is 32.1 Å². The van der Waals surface area contributed by atoms with Crippen molar-refractivity contribution >= 4 is 0 Å². The Morgan fingerprint density at radius 1 is 1.29 bits per heavy atom. The molecule has 3 heteroatoms. The number of β-amino-alcohol motifs (C(OH)–C–C–N with tert-alkyl or cyclic N) is 1. The van der Waals surface area contributed by atoms with Gasteiger partial charge in [0.15, 0.2) is 0 Å². The third-order valence-corrected chi connectivity index (χ3v) is 4.38. The third kappa shape index (κ3) is 1.23. The highest BCUT2D eigenvalue weighted by atomic mass is 16.5. The quantitative estimate of drug-likeness (QED) is 0.649. The molecule has 1 aliphatic carbocycles. The summed E-state index contributed by atoms with van der Waals surface area (Å²) in [5.74, 6) is 0.470. The van der Waals surface area contributed by atoms with Gasteiger partial charge >= 0.3 is 0 Å². The highest BCUT2D eigenvalue weighted by Gasteiger charge is 2.50. The van der Waals surface area contributed by atoms with E-state index in [1.54, 1.807) is 0 Å². The first-order valence-corrected chi connectivity index (χ1v) is 5.80. The maximum atomic E-state index is 10.3. The molecule has 1 atom stereocenters. The molecular formula is C11H19NO2. The Morgan fingerprint density at radius 3 is 2.57 bits per heavy atom. The van der Waals surface area contributed by atoms with Gasteiger partial charge in [-0.2, -0.15) is 0 Å². The van der Waals surface area contributed by atoms with Crippen LogP contribution < -0.4 is 5.32 Å². The molecule has 0 aromatic carbocycles. The second kappa shape index (κ2) is 2.94. The summed E-state index contributed by atoms with van der Waals surface area (Å²) in [6.45, 7) is 2.43. The van der Waals surface area contributed by atoms with Gasteiger partial charge in [-0.25, -0.2) is 0 Å². The molecule has 1 saturated carbocycles. The fourth-order valence-corrected chi connectivity index (χ4v) is 3.08. The number of hydrogen-bond donors (Lipinski definition) is 2. The maximum absolute atomic E-state index is 10.3. The van der Waals surface area contributed by atoms with Crippen LogP contribution in [-0.2, 0) is 4.74 Å². The smallest absolute Gasteiger partial charge is 0.0924 e. The van der Waals surface area contributed by atoms with Crippen molar-refractivity contribution in [2.45, 2.75) is 43.3 Å². The summed E-state index contributed by atoms with van der Waals surface area (Å²) in [4.78, 5) is 0. The number of ether oxygens (including phenoxy) is 1. The lowest BCUT2D eigenvalue weighted by atomic mass is 9.66. The van der Waals surface area contributed by atoms with Crippen LogP contribution in [0.2, 0.25) is 0 Å². The average Bonchev–Trinajstić information content (AvgIpc) is 2.12. The van der Waals surface area contributed by atoms with Gasteiger partial charge in [0.05, 0.1) is 11.2 Å². The molecule has 3 rings (SSSR count). The zero-order valence-corrected chi connectivity index (χ0v) is 8.59. The van der Waals surface area contributed by atoms with Gasteiger partial charge in [0, 0.05) is 19.7 Å². The van der Waals surface area contributed by atoms with Gasteiger partial charge in [-0.15, -0.1) is 0 Å². The van der Waals surface area contributed by atoms with Crippen LogP contribution in [0, 0.1) is 5.92 Å². The largest absolute Gasteiger partial charge is 0.387 e. The van der Waals surface area contributed by atoms with Crippen LogP contribution in [0.5, 0.6) is 0 Å². The Bertz CT molecular complexity index is 225. The van der Waals surface area contributed by atoms with Crippen LogP contribution in [0.25, 0.3) is 0 Å². The van der Waals surface area contributed by atoms with E-state index in [1.165, 1.54) is 19.3 Å². The molecule has 3 fully saturated rings. The highest BCUT2D eigenvalue weighted by Crippen LogP contribution is 2.47. The number of aliphatic hydroxyl groups is 1. The summed E-state index contributed by atoms with van der Waals surface area (Å²) in [5.41, 5.74) is -0.236. The van der Waals surface area contributed by atoms with Crippen molar-refractivity contribution in [2.24, 2.45) is 5.92 Å². The molecule has 2 N–H and O–H groups in total. The minimum absolute atomic E-state index is 0.175. The average molecular weight is 197 g/mol. The first kappa shape index (κ1) is 9.13. The molecule has 0 aromatic rings. The lowest BCUT2D eigenvalue weighted by Crippen LogP contribution is -2.66. The van der Waals surface area contributed by atoms with Crippen molar-refractivity contribution in [1.29, 1.82) is 0 Å². The van der Waals surface area contributed by atoms with E-state index >= 15 is 0 Å². The van der Waals surface area contributed by atoms with Gasteiger partial charge in [-0.05, 0) is 38.0 Å². The van der Waals surface area contributed by atoms with Gasteiger partial charge in [0.2, 0.25) is 0 Å². The molecule has 2 heterocycles. The summed E-state index contributed by atoms with van der Waals surface area (Å²) in [6.07, 6.45) is 5.87. The first-order chi connectivity index (χ1) is 6.73. The van der Waals surface area contributed by atoms with Gasteiger partial charge in [0.1, 0.15) is 0 Å². The fraction of sp³-hybridized carbons (Fsp3) is 1.00. The van der Waals surface area contributed by atoms with Crippen LogP contribution >= 0.6 is 0 Å². The van der Waals surface area contributed by atoms with E-state index in [0.29, 0.717) is 5.92 Å². The Balaban J connectivity index is 1.69. The van der Waals surface area contributed by atoms with Crippen molar-refractivity contribution in [3.8, 4) is 0 Å². The third-order valence-electron chi connectivity index (χ3n) is 4.38. The molecule has 3 aliphatic rings. The van der Waals surface area contributed by atoms with E-state index in [0.717, 1.165) is 32.5 Å². The zero-order valence-electron chi connectivity index (χ0n) is 8.59. The van der Waals surface area contributed by atoms with Gasteiger partial charge in [0.25, 0.3) is 0 Å². The first-order valence-electron chi connectivity index (χ1n) is 5.80. The number of hydrogen-bond acceptors (Lipinski definition) is 3. The number of rotatable bonds is 1. The SMILES string of the molecule is OC1(C2CCOC3(CCC3)C2)CNC1. The minimum atomic E-state index is -0.410. The fourth-order valence-electron chi connectivity index (χ4n) is 3.08. The monoisotopic (exact) mass is 197 g/mol. The molecule has 0 amide bonds. The molecule has 1 unspecified atom stereocenters. The van der Waals surface area contributed by atoms with Crippen LogP contribution in [0.4, 0.5) is 0 Å². The van der Waals surface area contributed by atoms with Crippen molar-refractivity contribution < 1.29 is 9.84 Å². The molecule has 2 aliphatic heterocycles. The topological polar surface area (TPSA) is 41.5 Å². The molecule has 14 heavy (non-hydrogen) atoms. The van der Waals surface area contributed by atoms with Gasteiger partial charge in [-0.1, -0.05) is 0 Å². The minimum Gasteiger partial charge on any atom is -0.387 e. The predicted octanol–water partition coefficient (Wildman–Crippen LogP) is 0.670. The van der Waals surface area contributed by atoms with Crippen molar-refractivity contribution in [1.82, 2.24) is 5.32 Å². The van der Waals surface area contributed by atoms with Crippen LogP contribution in [-0.4, -0.2) is 36.0 Å². The van der Waals surface area contributed by atoms with Gasteiger partial charge < -0.3 is 15.2 Å². The molecule has 80 valence electrons. The number of nitrogens with one attached hydrogen (secondary N) is 1. The lowest BCUT2D eigenvalue weighted by molar-refractivity contribution is -0.183. The standard InChI is InChI=1S/C11H19NO2/c13-11(7-12-8-11)9-2-5-14-10(6-9)3-1-4-10/h9,12-13H,1-8H2. The van der Waals surface area contributed by atoms with Crippen molar-refractivity contribution in [3.05, 3.63) is 0 Å². The zero-order chi connectivity index (χ0) is 9.65. The predicted molar refractivity (Wildman–Crippen MR) is 53.1 cm³/mol. The van der Waals surface area contributed by atoms with E-state index in [2.05, 4.69) is 5.32 Å². The van der Waals surface area contributed by atoms with Gasteiger partial charge in [-0.3, -0.25) is 0 Å². The van der Waals surface area contributed by atoms with Crippen LogP contribution in [0.3, 0.4) is 0 Å². The summed E-state index contributed by atoms with van der Waals surface area (Å²) >= 11 is 0. The molecule has 3 nitrogen and oxygen atoms in total. The van der Waals surface area contributed by atoms with E-state index < -0.39 is 5.60 Å². The highest BCUT2D eigenvalue weighted by molar-refractivity contribution is 5.04. The van der Waals surface area contributed by atoms with Crippen LogP contribution in [0.15, 0.2) is 0 Å². The Hall–Kier alpha value is -0.120. The molecule has 0 aromatic heterocycles. The summed E-state index contributed by atoms with van der Waals surface area (Å²) in [7, 11) is 0. The van der Waals surface area contributed by atoms with E-state index in [-0.39, 0.29) is 5.60 Å². The molecular weight excluding hydrogens is 178 g/mol.